The van der Waals surface area contributed by atoms with Gasteiger partial charge in [-0.25, -0.2) is 4.89 Å². The predicted octanol–water partition coefficient (Wildman–Crippen LogP) is -1.50. The molecule has 0 saturated carbocycles. The highest BCUT2D eigenvalue weighted by molar-refractivity contribution is 5.97. The Hall–Kier alpha value is 0.0569. The van der Waals surface area contributed by atoms with Crippen LogP contribution in [0, 0.1) is 0 Å². The van der Waals surface area contributed by atoms with Crippen molar-refractivity contribution in [3.8, 4) is 0 Å². The normalized spacial score (nSPS) is 10.1. The average molecular weight is 137 g/mol. The van der Waals surface area contributed by atoms with E-state index in [1.807, 2.05) is 0 Å². The topological polar surface area (TPSA) is 53.7 Å². The molecule has 0 aliphatic rings. The molecule has 0 bridgehead atoms. The van der Waals surface area contributed by atoms with Crippen molar-refractivity contribution in [3.05, 3.63) is 0 Å². The lowest BCUT2D eigenvalue weighted by molar-refractivity contribution is -0.466. The Morgan fingerprint density at radius 1 is 1.50 bits per heavy atom. The highest BCUT2D eigenvalue weighted by Gasteiger charge is 1.83. The number of hydrogen-bond acceptors (Lipinski definition) is 4. The first-order chi connectivity index (χ1) is 3.91. The van der Waals surface area contributed by atoms with Crippen LogP contribution in [-0.4, -0.2) is 23.6 Å². The van der Waals surface area contributed by atoms with E-state index in [-0.39, 0.29) is 0 Å². The molecule has 0 unspecified atom stereocenters. The van der Waals surface area contributed by atoms with Crippen molar-refractivity contribution >= 4 is 10.5 Å². The maximum absolute atomic E-state index is 5.14. The molecule has 0 aromatic heterocycles. The minimum atomic E-state index is 0.499. The maximum Gasteiger partial charge on any atom is 0.197 e. The van der Waals surface area contributed by atoms with E-state index >= 15 is 0 Å². The van der Waals surface area contributed by atoms with E-state index in [1.165, 1.54) is 0 Å². The van der Waals surface area contributed by atoms with Crippen molar-refractivity contribution in [1.29, 1.82) is 0 Å². The van der Waals surface area contributed by atoms with Crippen molar-refractivity contribution in [2.75, 3.05) is 13.2 Å². The Morgan fingerprint density at radius 2 is 2.25 bits per heavy atom. The molecule has 5 heteroatoms. The van der Waals surface area contributed by atoms with Crippen LogP contribution in [0.1, 0.15) is 6.42 Å². The van der Waals surface area contributed by atoms with E-state index in [4.69, 9.17) is 5.73 Å². The van der Waals surface area contributed by atoms with Crippen LogP contribution >= 0.6 is 0 Å². The highest BCUT2D eigenvalue weighted by Crippen LogP contribution is 1.79. The van der Waals surface area contributed by atoms with Gasteiger partial charge in [0, 0.05) is 0 Å². The van der Waals surface area contributed by atoms with Gasteiger partial charge in [0.1, 0.15) is 0 Å². The highest BCUT2D eigenvalue weighted by atomic mass is 28.2. The third-order valence-electron chi connectivity index (χ3n) is 0.548. The summed E-state index contributed by atoms with van der Waals surface area (Å²) in [5.74, 6) is 0. The minimum Gasteiger partial charge on any atom is -0.330 e. The van der Waals surface area contributed by atoms with Gasteiger partial charge in [-0.2, -0.15) is 0 Å². The monoisotopic (exact) mass is 137 g/mol. The van der Waals surface area contributed by atoms with Crippen LogP contribution in [0.4, 0.5) is 0 Å². The third-order valence-corrected chi connectivity index (χ3v) is 0.684. The fraction of sp³-hybridized carbons (Fsp3) is 1.00. The molecule has 0 spiro atoms. The zero-order valence-corrected chi connectivity index (χ0v) is 6.92. The van der Waals surface area contributed by atoms with Crippen LogP contribution in [0.3, 0.4) is 0 Å². The van der Waals surface area contributed by atoms with Crippen LogP contribution in [-0.2, 0) is 14.5 Å². The van der Waals surface area contributed by atoms with Gasteiger partial charge in [-0.3, -0.25) is 4.58 Å². The summed E-state index contributed by atoms with van der Waals surface area (Å²) in [5.41, 5.74) is 5.14. The standard InChI is InChI=1S/C3H11NO3Si/c4-2-1-3-5-6-7-8/h1-4H2,8H3. The van der Waals surface area contributed by atoms with Crippen molar-refractivity contribution in [3.63, 3.8) is 0 Å². The van der Waals surface area contributed by atoms with E-state index in [9.17, 15) is 0 Å². The molecule has 0 amide bonds. The molecule has 0 heterocycles. The summed E-state index contributed by atoms with van der Waals surface area (Å²) < 4.78 is 4.26. The van der Waals surface area contributed by atoms with Gasteiger partial charge in [-0.15, -0.1) is 0 Å². The zero-order chi connectivity index (χ0) is 6.24. The van der Waals surface area contributed by atoms with E-state index in [1.54, 1.807) is 0 Å². The molecule has 0 aliphatic heterocycles. The molecule has 8 heavy (non-hydrogen) atoms. The van der Waals surface area contributed by atoms with Crippen LogP contribution in [0.25, 0.3) is 0 Å². The van der Waals surface area contributed by atoms with Gasteiger partial charge in [0.25, 0.3) is 0 Å². The molecule has 0 aromatic rings. The van der Waals surface area contributed by atoms with Crippen molar-refractivity contribution in [2.45, 2.75) is 6.42 Å². The molecule has 0 atom stereocenters. The summed E-state index contributed by atoms with van der Waals surface area (Å²) in [6, 6.07) is 0. The molecule has 4 nitrogen and oxygen atoms in total. The summed E-state index contributed by atoms with van der Waals surface area (Å²) in [6.45, 7) is 1.11. The van der Waals surface area contributed by atoms with Gasteiger partial charge in [0.05, 0.1) is 6.61 Å². The van der Waals surface area contributed by atoms with Crippen LogP contribution in [0.2, 0.25) is 0 Å². The first-order valence-electron chi connectivity index (χ1n) is 2.44. The average Bonchev–Trinajstić information content (AvgIpc) is 1.81. The number of nitrogens with two attached hydrogens (primary N) is 1. The molecular formula is C3H11NO3Si. The predicted molar refractivity (Wildman–Crippen MR) is 31.7 cm³/mol. The van der Waals surface area contributed by atoms with E-state index in [2.05, 4.69) is 14.5 Å². The van der Waals surface area contributed by atoms with Gasteiger partial charge in [0.15, 0.2) is 10.5 Å². The van der Waals surface area contributed by atoms with Gasteiger partial charge < -0.3 is 5.73 Å². The Bertz CT molecular complexity index is 39.5. The summed E-state index contributed by atoms with van der Waals surface area (Å²) in [5, 5.41) is 4.14. The molecule has 0 fully saturated rings. The van der Waals surface area contributed by atoms with Crippen molar-refractivity contribution in [1.82, 2.24) is 0 Å². The second-order valence-electron chi connectivity index (χ2n) is 1.20. The van der Waals surface area contributed by atoms with Crippen molar-refractivity contribution in [2.24, 2.45) is 5.73 Å². The van der Waals surface area contributed by atoms with Crippen molar-refractivity contribution < 1.29 is 14.5 Å². The molecule has 0 saturated heterocycles. The Labute approximate surface area is 51.3 Å². The Kier molecular flexibility index (Phi) is 7.11. The summed E-state index contributed by atoms with van der Waals surface area (Å²) in [7, 11) is 0.529. The summed E-state index contributed by atoms with van der Waals surface area (Å²) >= 11 is 0. The van der Waals surface area contributed by atoms with Gasteiger partial charge in [0.2, 0.25) is 0 Å². The first-order valence-corrected chi connectivity index (χ1v) is 3.26. The second-order valence-corrected chi connectivity index (χ2v) is 1.53. The largest absolute Gasteiger partial charge is 0.330 e. The van der Waals surface area contributed by atoms with Gasteiger partial charge in [-0.05, 0) is 13.0 Å². The van der Waals surface area contributed by atoms with E-state index in [0.29, 0.717) is 23.6 Å². The first kappa shape index (κ1) is 8.06. The minimum absolute atomic E-state index is 0.499. The fourth-order valence-corrected chi connectivity index (χ4v) is 0.321. The second kappa shape index (κ2) is 7.06. The molecular weight excluding hydrogens is 126 g/mol. The lowest BCUT2D eigenvalue weighted by atomic mass is 10.5. The fourth-order valence-electron chi connectivity index (χ4n) is 0.224. The van der Waals surface area contributed by atoms with E-state index in [0.717, 1.165) is 6.42 Å². The van der Waals surface area contributed by atoms with Gasteiger partial charge in [-0.1, -0.05) is 5.04 Å². The third kappa shape index (κ3) is 6.06. The molecule has 2 N–H and O–H groups in total. The number of rotatable bonds is 5. The maximum atomic E-state index is 5.14. The summed E-state index contributed by atoms with van der Waals surface area (Å²) in [6.07, 6.45) is 0.797. The Morgan fingerprint density at radius 3 is 2.75 bits per heavy atom. The molecule has 50 valence electrons. The summed E-state index contributed by atoms with van der Waals surface area (Å²) in [4.78, 5) is 4.46. The number of hydrogen-bond donors (Lipinski definition) is 1. The van der Waals surface area contributed by atoms with Crippen LogP contribution < -0.4 is 5.73 Å². The van der Waals surface area contributed by atoms with Crippen LogP contribution in [0.15, 0.2) is 0 Å². The lowest BCUT2D eigenvalue weighted by Crippen LogP contribution is -2.04. The Balaban J connectivity index is 2.53. The SMILES string of the molecule is NCCCOOO[SiH3]. The lowest BCUT2D eigenvalue weighted by Gasteiger charge is -1.96. The molecule has 0 aliphatic carbocycles. The molecule has 0 radical (unpaired) electrons. The molecule has 0 rings (SSSR count). The molecule has 0 aromatic carbocycles. The van der Waals surface area contributed by atoms with Gasteiger partial charge >= 0.3 is 0 Å². The quantitative estimate of drug-likeness (QED) is 0.217. The van der Waals surface area contributed by atoms with E-state index < -0.39 is 0 Å². The van der Waals surface area contributed by atoms with Crippen LogP contribution in [0.5, 0.6) is 0 Å². The smallest absolute Gasteiger partial charge is 0.197 e. The zero-order valence-electron chi connectivity index (χ0n) is 4.92.